The number of nitrogens with zero attached hydrogens (tertiary/aromatic N) is 3. The maximum atomic E-state index is 13.2. The highest BCUT2D eigenvalue weighted by Crippen LogP contribution is 2.20. The van der Waals surface area contributed by atoms with Gasteiger partial charge in [-0.3, -0.25) is 0 Å². The van der Waals surface area contributed by atoms with Crippen LogP contribution in [0.3, 0.4) is 0 Å². The summed E-state index contributed by atoms with van der Waals surface area (Å²) in [5.74, 6) is 1.92. The number of hydrogen-bond acceptors (Lipinski definition) is 3. The normalized spacial score (nSPS) is 11.3. The number of benzene rings is 1. The van der Waals surface area contributed by atoms with Crippen LogP contribution < -0.4 is 0 Å². The third-order valence-electron chi connectivity index (χ3n) is 2.87. The highest BCUT2D eigenvalue weighted by Gasteiger charge is 2.13. The first-order valence-corrected chi connectivity index (χ1v) is 6.33. The summed E-state index contributed by atoms with van der Waals surface area (Å²) in [7, 11) is 0. The summed E-state index contributed by atoms with van der Waals surface area (Å²) in [6.45, 7) is 2.26. The van der Waals surface area contributed by atoms with Crippen LogP contribution in [0.2, 0.25) is 0 Å². The maximum Gasteiger partial charge on any atom is 0.214 e. The Kier molecular flexibility index (Phi) is 2.98. The summed E-state index contributed by atoms with van der Waals surface area (Å²) in [6.07, 6.45) is 1.66. The first-order chi connectivity index (χ1) is 9.17. The molecular formula is C13H11ClFN3O. The van der Waals surface area contributed by atoms with Gasteiger partial charge >= 0.3 is 0 Å². The van der Waals surface area contributed by atoms with Gasteiger partial charge in [-0.1, -0.05) is 0 Å². The molecule has 2 aromatic heterocycles. The molecule has 3 aromatic rings. The first kappa shape index (κ1) is 12.2. The smallest absolute Gasteiger partial charge is 0.214 e. The quantitative estimate of drug-likeness (QED) is 0.691. The van der Waals surface area contributed by atoms with E-state index in [1.165, 1.54) is 12.1 Å². The van der Waals surface area contributed by atoms with E-state index in [2.05, 4.69) is 9.97 Å². The molecule has 2 heterocycles. The van der Waals surface area contributed by atoms with Crippen molar-refractivity contribution in [2.45, 2.75) is 19.3 Å². The summed E-state index contributed by atoms with van der Waals surface area (Å²) < 4.78 is 20.5. The van der Waals surface area contributed by atoms with Crippen LogP contribution in [0.4, 0.5) is 4.39 Å². The van der Waals surface area contributed by atoms with Gasteiger partial charge in [0, 0.05) is 6.07 Å². The molecule has 4 nitrogen and oxygen atoms in total. The Hall–Kier alpha value is -1.88. The van der Waals surface area contributed by atoms with Crippen molar-refractivity contribution in [3.63, 3.8) is 0 Å². The van der Waals surface area contributed by atoms with Crippen LogP contribution in [0, 0.1) is 12.7 Å². The van der Waals surface area contributed by atoms with Crippen LogP contribution >= 0.6 is 11.6 Å². The Morgan fingerprint density at radius 1 is 1.42 bits per heavy atom. The molecule has 0 atom stereocenters. The molecule has 98 valence electrons. The van der Waals surface area contributed by atoms with Gasteiger partial charge in [0.05, 0.1) is 23.1 Å². The summed E-state index contributed by atoms with van der Waals surface area (Å²) in [5, 5.41) is 0. The van der Waals surface area contributed by atoms with Crippen molar-refractivity contribution in [3.8, 4) is 0 Å². The molecule has 0 aliphatic carbocycles. The second-order valence-electron chi connectivity index (χ2n) is 4.25. The Balaban J connectivity index is 2.10. The summed E-state index contributed by atoms with van der Waals surface area (Å²) >= 11 is 5.89. The number of fused-ring (bicyclic) bond motifs is 1. The van der Waals surface area contributed by atoms with E-state index >= 15 is 0 Å². The number of aromatic nitrogens is 3. The van der Waals surface area contributed by atoms with Gasteiger partial charge in [-0.15, -0.1) is 11.6 Å². The largest absolute Gasteiger partial charge is 0.444 e. The van der Waals surface area contributed by atoms with Crippen molar-refractivity contribution in [2.75, 3.05) is 0 Å². The fourth-order valence-corrected chi connectivity index (χ4v) is 2.25. The molecule has 0 unspecified atom stereocenters. The molecule has 0 aliphatic heterocycles. The molecule has 0 N–H and O–H groups in total. The zero-order chi connectivity index (χ0) is 13.4. The van der Waals surface area contributed by atoms with Crippen LogP contribution in [0.25, 0.3) is 11.0 Å². The van der Waals surface area contributed by atoms with Crippen LogP contribution in [0.15, 0.2) is 28.8 Å². The van der Waals surface area contributed by atoms with Crippen molar-refractivity contribution in [2.24, 2.45) is 0 Å². The first-order valence-electron chi connectivity index (χ1n) is 5.79. The van der Waals surface area contributed by atoms with Gasteiger partial charge in [0.1, 0.15) is 23.9 Å². The van der Waals surface area contributed by atoms with E-state index in [1.807, 2.05) is 11.5 Å². The number of imidazole rings is 1. The Labute approximate surface area is 113 Å². The van der Waals surface area contributed by atoms with Gasteiger partial charge in [0.2, 0.25) is 5.89 Å². The highest BCUT2D eigenvalue weighted by molar-refractivity contribution is 6.16. The number of oxazole rings is 1. The van der Waals surface area contributed by atoms with Gasteiger partial charge < -0.3 is 8.98 Å². The number of aryl methyl sites for hydroxylation is 1. The lowest BCUT2D eigenvalue weighted by atomic mass is 10.3. The summed E-state index contributed by atoms with van der Waals surface area (Å²) in [6, 6.07) is 4.48. The van der Waals surface area contributed by atoms with Crippen LogP contribution in [0.5, 0.6) is 0 Å². The summed E-state index contributed by atoms with van der Waals surface area (Å²) in [5.41, 5.74) is 1.40. The van der Waals surface area contributed by atoms with Crippen molar-refractivity contribution >= 4 is 22.6 Å². The molecule has 3 rings (SSSR count). The molecule has 1 aromatic carbocycles. The predicted octanol–water partition coefficient (Wildman–Crippen LogP) is 3.26. The SMILES string of the molecule is Cc1cnc(Cn2c(CCl)nc3cc(F)ccc32)o1. The molecule has 0 fully saturated rings. The van der Waals surface area contributed by atoms with E-state index in [0.717, 1.165) is 11.3 Å². The van der Waals surface area contributed by atoms with Crippen LogP contribution in [0.1, 0.15) is 17.5 Å². The third-order valence-corrected chi connectivity index (χ3v) is 3.11. The number of halogens is 2. The van der Waals surface area contributed by atoms with Crippen molar-refractivity contribution in [3.05, 3.63) is 47.7 Å². The predicted molar refractivity (Wildman–Crippen MR) is 69.6 cm³/mol. The molecule has 0 aliphatic rings. The zero-order valence-electron chi connectivity index (χ0n) is 10.2. The molecule has 0 saturated carbocycles. The number of alkyl halides is 1. The maximum absolute atomic E-state index is 13.2. The molecule has 0 radical (unpaired) electrons. The van der Waals surface area contributed by atoms with Crippen LogP contribution in [-0.2, 0) is 12.4 Å². The monoisotopic (exact) mass is 279 g/mol. The standard InChI is InChI=1S/C13H11ClFN3O/c1-8-6-16-13(19-8)7-18-11-3-2-9(15)4-10(11)17-12(18)5-14/h2-4,6H,5,7H2,1H3. The second kappa shape index (κ2) is 4.66. The average molecular weight is 280 g/mol. The van der Waals surface area contributed by atoms with E-state index < -0.39 is 0 Å². The van der Waals surface area contributed by atoms with Gasteiger partial charge in [0.15, 0.2) is 0 Å². The number of hydrogen-bond donors (Lipinski definition) is 0. The lowest BCUT2D eigenvalue weighted by molar-refractivity contribution is 0.457. The molecule has 0 spiro atoms. The molecule has 0 amide bonds. The Morgan fingerprint density at radius 2 is 2.26 bits per heavy atom. The van der Waals surface area contributed by atoms with Crippen LogP contribution in [-0.4, -0.2) is 14.5 Å². The van der Waals surface area contributed by atoms with E-state index in [0.29, 0.717) is 23.8 Å². The fourth-order valence-electron chi connectivity index (χ4n) is 2.04. The molecular weight excluding hydrogens is 269 g/mol. The zero-order valence-corrected chi connectivity index (χ0v) is 11.0. The minimum Gasteiger partial charge on any atom is -0.444 e. The van der Waals surface area contributed by atoms with E-state index in [-0.39, 0.29) is 11.7 Å². The Morgan fingerprint density at radius 3 is 2.95 bits per heavy atom. The number of rotatable bonds is 3. The lowest BCUT2D eigenvalue weighted by Crippen LogP contribution is -2.04. The van der Waals surface area contributed by atoms with E-state index in [4.69, 9.17) is 16.0 Å². The third kappa shape index (κ3) is 2.21. The van der Waals surface area contributed by atoms with Gasteiger partial charge in [0.25, 0.3) is 0 Å². The van der Waals surface area contributed by atoms with Crippen molar-refractivity contribution in [1.82, 2.24) is 14.5 Å². The topological polar surface area (TPSA) is 43.9 Å². The second-order valence-corrected chi connectivity index (χ2v) is 4.51. The molecule has 0 bridgehead atoms. The van der Waals surface area contributed by atoms with Gasteiger partial charge in [-0.2, -0.15) is 0 Å². The van der Waals surface area contributed by atoms with Crippen molar-refractivity contribution in [1.29, 1.82) is 0 Å². The average Bonchev–Trinajstić information content (AvgIpc) is 2.94. The van der Waals surface area contributed by atoms with Gasteiger partial charge in [-0.05, 0) is 19.1 Å². The molecule has 19 heavy (non-hydrogen) atoms. The Bertz CT molecular complexity index is 735. The van der Waals surface area contributed by atoms with Gasteiger partial charge in [-0.25, -0.2) is 14.4 Å². The molecule has 0 saturated heterocycles. The highest BCUT2D eigenvalue weighted by atomic mass is 35.5. The fraction of sp³-hybridized carbons (Fsp3) is 0.231. The van der Waals surface area contributed by atoms with E-state index in [1.54, 1.807) is 12.3 Å². The minimum absolute atomic E-state index is 0.246. The lowest BCUT2D eigenvalue weighted by Gasteiger charge is -2.04. The van der Waals surface area contributed by atoms with E-state index in [9.17, 15) is 4.39 Å². The summed E-state index contributed by atoms with van der Waals surface area (Å²) in [4.78, 5) is 8.47. The minimum atomic E-state index is -0.315. The van der Waals surface area contributed by atoms with Crippen molar-refractivity contribution < 1.29 is 8.81 Å². The molecule has 6 heteroatoms.